The van der Waals surface area contributed by atoms with E-state index in [1.807, 2.05) is 6.92 Å². The molecule has 2 aromatic rings. The van der Waals surface area contributed by atoms with E-state index in [-0.39, 0.29) is 23.0 Å². The summed E-state index contributed by atoms with van der Waals surface area (Å²) in [5, 5.41) is 11.9. The van der Waals surface area contributed by atoms with Crippen molar-refractivity contribution in [1.82, 2.24) is 14.4 Å². The summed E-state index contributed by atoms with van der Waals surface area (Å²) in [6.07, 6.45) is 10.7. The Morgan fingerprint density at radius 2 is 2.20 bits per heavy atom. The number of hydrogen-bond acceptors (Lipinski definition) is 6. The molecule has 0 aromatic carbocycles. The standard InChI is InChI=1S/C18H25N5O2/c1-2-5-12-9-21-17-16(24)8-13(10-22(17)18(12)25)15(19)11-23(20)14-6-3-4-7-14/h8-11,14,24H,2-7,19-20H2,1H3/b15-11-. The molecule has 0 aliphatic heterocycles. The van der Waals surface area contributed by atoms with Crippen LogP contribution < -0.4 is 17.1 Å². The number of hydrazine groups is 1. The van der Waals surface area contributed by atoms with E-state index in [2.05, 4.69) is 4.98 Å². The van der Waals surface area contributed by atoms with Crippen LogP contribution in [0.5, 0.6) is 5.75 Å². The highest BCUT2D eigenvalue weighted by Crippen LogP contribution is 2.24. The molecule has 1 saturated carbocycles. The fraction of sp³-hybridized carbons (Fsp3) is 0.444. The maximum atomic E-state index is 12.6. The topological polar surface area (TPSA) is 110 Å². The summed E-state index contributed by atoms with van der Waals surface area (Å²) in [5.74, 6) is 6.01. The molecule has 1 fully saturated rings. The number of rotatable bonds is 5. The van der Waals surface area contributed by atoms with Gasteiger partial charge in [0.15, 0.2) is 11.4 Å². The SMILES string of the molecule is CCCc1cnc2c(O)cc(/C(N)=C/N(N)C3CCCC3)cn2c1=O. The smallest absolute Gasteiger partial charge is 0.261 e. The highest BCUT2D eigenvalue weighted by atomic mass is 16.3. The van der Waals surface area contributed by atoms with Gasteiger partial charge in [0, 0.05) is 35.8 Å². The van der Waals surface area contributed by atoms with Gasteiger partial charge in [-0.15, -0.1) is 0 Å². The van der Waals surface area contributed by atoms with Crippen LogP contribution in [0.1, 0.15) is 50.2 Å². The van der Waals surface area contributed by atoms with Gasteiger partial charge < -0.3 is 15.8 Å². The minimum absolute atomic E-state index is 0.0848. The second-order valence-corrected chi connectivity index (χ2v) is 6.62. The summed E-state index contributed by atoms with van der Waals surface area (Å²) in [6, 6.07) is 1.79. The van der Waals surface area contributed by atoms with Gasteiger partial charge in [-0.1, -0.05) is 26.2 Å². The lowest BCUT2D eigenvalue weighted by Gasteiger charge is -2.22. The van der Waals surface area contributed by atoms with E-state index in [1.54, 1.807) is 17.4 Å². The molecule has 7 heteroatoms. The molecule has 3 rings (SSSR count). The first-order valence-electron chi connectivity index (χ1n) is 8.75. The van der Waals surface area contributed by atoms with Crippen LogP contribution in [0.3, 0.4) is 0 Å². The molecule has 0 spiro atoms. The highest BCUT2D eigenvalue weighted by Gasteiger charge is 2.19. The first-order valence-corrected chi connectivity index (χ1v) is 8.75. The zero-order valence-corrected chi connectivity index (χ0v) is 14.5. The molecule has 25 heavy (non-hydrogen) atoms. The van der Waals surface area contributed by atoms with E-state index in [9.17, 15) is 9.90 Å². The second kappa shape index (κ2) is 7.14. The highest BCUT2D eigenvalue weighted by molar-refractivity contribution is 5.67. The Morgan fingerprint density at radius 3 is 2.88 bits per heavy atom. The van der Waals surface area contributed by atoms with Gasteiger partial charge in [0.05, 0.1) is 5.70 Å². The quantitative estimate of drug-likeness (QED) is 0.563. The molecule has 1 aliphatic rings. The number of fused-ring (bicyclic) bond motifs is 1. The normalized spacial score (nSPS) is 15.8. The first kappa shape index (κ1) is 17.3. The third-order valence-corrected chi connectivity index (χ3v) is 4.74. The lowest BCUT2D eigenvalue weighted by molar-refractivity contribution is 0.289. The van der Waals surface area contributed by atoms with E-state index >= 15 is 0 Å². The lowest BCUT2D eigenvalue weighted by atomic mass is 10.1. The molecular formula is C18H25N5O2. The molecule has 7 nitrogen and oxygen atoms in total. The van der Waals surface area contributed by atoms with Crippen molar-refractivity contribution >= 4 is 11.3 Å². The van der Waals surface area contributed by atoms with Crippen molar-refractivity contribution in [3.8, 4) is 5.75 Å². The summed E-state index contributed by atoms with van der Waals surface area (Å²) in [7, 11) is 0. The van der Waals surface area contributed by atoms with Gasteiger partial charge in [0.25, 0.3) is 5.56 Å². The van der Waals surface area contributed by atoms with Crippen LogP contribution in [0.4, 0.5) is 0 Å². The first-order chi connectivity index (χ1) is 12.0. The van der Waals surface area contributed by atoms with Crippen LogP contribution in [-0.4, -0.2) is 25.5 Å². The summed E-state index contributed by atoms with van der Waals surface area (Å²) in [5.41, 5.74) is 7.76. The van der Waals surface area contributed by atoms with Gasteiger partial charge >= 0.3 is 0 Å². The van der Waals surface area contributed by atoms with E-state index in [0.29, 0.717) is 23.2 Å². The van der Waals surface area contributed by atoms with Gasteiger partial charge in [-0.05, 0) is 25.3 Å². The largest absolute Gasteiger partial charge is 0.504 e. The Balaban J connectivity index is 2.01. The number of nitrogens with two attached hydrogens (primary N) is 2. The minimum atomic E-state index is -0.183. The van der Waals surface area contributed by atoms with Crippen molar-refractivity contribution in [1.29, 1.82) is 0 Å². The molecule has 1 aliphatic carbocycles. The minimum Gasteiger partial charge on any atom is -0.504 e. The van der Waals surface area contributed by atoms with Crippen LogP contribution >= 0.6 is 0 Å². The molecule has 2 heterocycles. The average Bonchev–Trinajstić information content (AvgIpc) is 3.12. The fourth-order valence-corrected chi connectivity index (χ4v) is 3.35. The van der Waals surface area contributed by atoms with Crippen LogP contribution in [0, 0.1) is 0 Å². The molecule has 0 radical (unpaired) electrons. The Kier molecular flexibility index (Phi) is 4.94. The van der Waals surface area contributed by atoms with E-state index in [1.165, 1.54) is 29.5 Å². The number of hydrogen-bond donors (Lipinski definition) is 3. The Hall–Kier alpha value is -2.54. The molecule has 0 bridgehead atoms. The number of aryl methyl sites for hydroxylation is 1. The maximum Gasteiger partial charge on any atom is 0.261 e. The van der Waals surface area contributed by atoms with Gasteiger partial charge in [-0.25, -0.2) is 10.8 Å². The number of pyridine rings is 1. The van der Waals surface area contributed by atoms with Gasteiger partial charge in [0.2, 0.25) is 0 Å². The van der Waals surface area contributed by atoms with Crippen molar-refractivity contribution in [3.63, 3.8) is 0 Å². The van der Waals surface area contributed by atoms with Gasteiger partial charge in [0.1, 0.15) is 0 Å². The fourth-order valence-electron chi connectivity index (χ4n) is 3.35. The molecule has 5 N–H and O–H groups in total. The summed E-state index contributed by atoms with van der Waals surface area (Å²) in [6.45, 7) is 2.00. The molecular weight excluding hydrogens is 318 g/mol. The van der Waals surface area contributed by atoms with E-state index in [4.69, 9.17) is 11.6 Å². The van der Waals surface area contributed by atoms with Crippen LogP contribution in [0.25, 0.3) is 11.3 Å². The summed E-state index contributed by atoms with van der Waals surface area (Å²) in [4.78, 5) is 16.8. The molecule has 2 aromatic heterocycles. The average molecular weight is 343 g/mol. The van der Waals surface area contributed by atoms with Crippen molar-refractivity contribution in [2.45, 2.75) is 51.5 Å². The van der Waals surface area contributed by atoms with E-state index in [0.717, 1.165) is 19.3 Å². The zero-order chi connectivity index (χ0) is 18.0. The Labute approximate surface area is 146 Å². The molecule has 0 unspecified atom stereocenters. The van der Waals surface area contributed by atoms with Crippen molar-refractivity contribution < 1.29 is 5.11 Å². The third-order valence-electron chi connectivity index (χ3n) is 4.74. The predicted octanol–water partition coefficient (Wildman–Crippen LogP) is 1.73. The van der Waals surface area contributed by atoms with Crippen LogP contribution in [0.2, 0.25) is 0 Å². The van der Waals surface area contributed by atoms with Crippen molar-refractivity contribution in [2.75, 3.05) is 0 Å². The Morgan fingerprint density at radius 1 is 1.48 bits per heavy atom. The predicted molar refractivity (Wildman–Crippen MR) is 97.6 cm³/mol. The zero-order valence-electron chi connectivity index (χ0n) is 14.5. The number of aromatic nitrogens is 2. The van der Waals surface area contributed by atoms with E-state index < -0.39 is 0 Å². The lowest BCUT2D eigenvalue weighted by Crippen LogP contribution is -2.35. The summed E-state index contributed by atoms with van der Waals surface area (Å²) < 4.78 is 1.35. The van der Waals surface area contributed by atoms with Crippen LogP contribution in [-0.2, 0) is 6.42 Å². The number of nitrogens with zero attached hydrogens (tertiary/aromatic N) is 3. The molecule has 0 atom stereocenters. The molecule has 0 amide bonds. The Bertz CT molecular complexity index is 852. The maximum absolute atomic E-state index is 12.6. The summed E-state index contributed by atoms with van der Waals surface area (Å²) >= 11 is 0. The van der Waals surface area contributed by atoms with Crippen molar-refractivity contribution in [3.05, 3.63) is 46.1 Å². The second-order valence-electron chi connectivity index (χ2n) is 6.62. The monoisotopic (exact) mass is 343 g/mol. The van der Waals surface area contributed by atoms with Crippen LogP contribution in [0.15, 0.2) is 29.5 Å². The molecule has 0 saturated heterocycles. The van der Waals surface area contributed by atoms with Gasteiger partial charge in [-0.2, -0.15) is 0 Å². The van der Waals surface area contributed by atoms with Crippen molar-refractivity contribution in [2.24, 2.45) is 11.6 Å². The molecule has 134 valence electrons. The third kappa shape index (κ3) is 3.46. The number of aromatic hydroxyl groups is 1. The van der Waals surface area contributed by atoms with Gasteiger partial charge in [-0.3, -0.25) is 9.20 Å².